The Hall–Kier alpha value is -1.88. The quantitative estimate of drug-likeness (QED) is 0.650. The fourth-order valence-corrected chi connectivity index (χ4v) is 1.10. The Balaban J connectivity index is 3.19. The van der Waals surface area contributed by atoms with Gasteiger partial charge in [-0.1, -0.05) is 18.2 Å². The number of aliphatic carboxylic acids is 1. The molecule has 0 saturated heterocycles. The van der Waals surface area contributed by atoms with E-state index in [0.717, 1.165) is 0 Å². The molecular formula is C9H9NO4. The molecule has 0 saturated carbocycles. The zero-order valence-electron chi connectivity index (χ0n) is 7.18. The molecule has 1 atom stereocenters. The standard InChI is InChI=1S/C9H9NO4/c10-7(9(13)14)5-3-1-2-4-6(5)8(11)12/h1-4,7H,10H2,(H,11,12)(H,13,14)/t7-/m0/s1. The Labute approximate surface area is 79.8 Å². The van der Waals surface area contributed by atoms with Gasteiger partial charge in [-0.05, 0) is 11.6 Å². The van der Waals surface area contributed by atoms with Gasteiger partial charge in [0.2, 0.25) is 0 Å². The first-order chi connectivity index (χ1) is 6.54. The lowest BCUT2D eigenvalue weighted by Crippen LogP contribution is -2.23. The van der Waals surface area contributed by atoms with Gasteiger partial charge >= 0.3 is 11.9 Å². The fourth-order valence-electron chi connectivity index (χ4n) is 1.10. The minimum absolute atomic E-state index is 0.0811. The number of hydrogen-bond acceptors (Lipinski definition) is 3. The van der Waals surface area contributed by atoms with Crippen molar-refractivity contribution in [2.45, 2.75) is 6.04 Å². The molecule has 0 aromatic heterocycles. The van der Waals surface area contributed by atoms with E-state index in [0.29, 0.717) is 0 Å². The number of benzene rings is 1. The van der Waals surface area contributed by atoms with Crippen LogP contribution in [-0.2, 0) is 4.79 Å². The predicted octanol–water partition coefficient (Wildman–Crippen LogP) is 0.469. The SMILES string of the molecule is N[C@H](C(=O)O)c1ccccc1C(=O)O. The molecule has 0 amide bonds. The van der Waals surface area contributed by atoms with Crippen LogP contribution in [0.15, 0.2) is 24.3 Å². The molecule has 14 heavy (non-hydrogen) atoms. The maximum Gasteiger partial charge on any atom is 0.336 e. The number of carbonyl (C=O) groups is 2. The molecule has 1 rings (SSSR count). The van der Waals surface area contributed by atoms with Gasteiger partial charge in [0.15, 0.2) is 0 Å². The summed E-state index contributed by atoms with van der Waals surface area (Å²) in [4.78, 5) is 21.3. The Bertz CT molecular complexity index is 375. The second kappa shape index (κ2) is 3.89. The molecule has 0 aliphatic carbocycles. The van der Waals surface area contributed by atoms with Crippen molar-refractivity contribution < 1.29 is 19.8 Å². The van der Waals surface area contributed by atoms with Crippen LogP contribution in [0.25, 0.3) is 0 Å². The van der Waals surface area contributed by atoms with Crippen LogP contribution in [0.5, 0.6) is 0 Å². The summed E-state index contributed by atoms with van der Waals surface area (Å²) in [5, 5.41) is 17.4. The van der Waals surface area contributed by atoms with Gasteiger partial charge in [0.25, 0.3) is 0 Å². The first kappa shape index (κ1) is 10.2. The number of carboxylic acids is 2. The van der Waals surface area contributed by atoms with Crippen LogP contribution in [0.3, 0.4) is 0 Å². The van der Waals surface area contributed by atoms with Crippen LogP contribution in [0.4, 0.5) is 0 Å². The van der Waals surface area contributed by atoms with E-state index in [4.69, 9.17) is 15.9 Å². The van der Waals surface area contributed by atoms with E-state index in [1.807, 2.05) is 0 Å². The molecular weight excluding hydrogens is 186 g/mol. The van der Waals surface area contributed by atoms with Crippen LogP contribution in [0, 0.1) is 0 Å². The summed E-state index contributed by atoms with van der Waals surface area (Å²) in [6.07, 6.45) is 0. The van der Waals surface area contributed by atoms with Crippen molar-refractivity contribution in [2.24, 2.45) is 5.73 Å². The molecule has 0 fully saturated rings. The number of hydrogen-bond donors (Lipinski definition) is 3. The van der Waals surface area contributed by atoms with Crippen LogP contribution in [0.2, 0.25) is 0 Å². The van der Waals surface area contributed by atoms with Gasteiger partial charge in [-0.2, -0.15) is 0 Å². The molecule has 0 spiro atoms. The van der Waals surface area contributed by atoms with Crippen molar-refractivity contribution >= 4 is 11.9 Å². The number of nitrogens with two attached hydrogens (primary N) is 1. The summed E-state index contributed by atoms with van der Waals surface area (Å²) in [5.74, 6) is -2.43. The van der Waals surface area contributed by atoms with Crippen molar-refractivity contribution in [2.75, 3.05) is 0 Å². The Morgan fingerprint density at radius 1 is 1.21 bits per heavy atom. The van der Waals surface area contributed by atoms with E-state index >= 15 is 0 Å². The van der Waals surface area contributed by atoms with E-state index in [1.54, 1.807) is 6.07 Å². The monoisotopic (exact) mass is 195 g/mol. The van der Waals surface area contributed by atoms with Crippen LogP contribution < -0.4 is 5.73 Å². The molecule has 1 aromatic rings. The predicted molar refractivity (Wildman–Crippen MR) is 48.0 cm³/mol. The molecule has 0 aliphatic heterocycles. The number of rotatable bonds is 3. The van der Waals surface area contributed by atoms with Crippen LogP contribution >= 0.6 is 0 Å². The van der Waals surface area contributed by atoms with Crippen molar-refractivity contribution in [3.8, 4) is 0 Å². The highest BCUT2D eigenvalue weighted by Gasteiger charge is 2.20. The molecule has 74 valence electrons. The van der Waals surface area contributed by atoms with Crippen LogP contribution in [-0.4, -0.2) is 22.2 Å². The van der Waals surface area contributed by atoms with Crippen molar-refractivity contribution in [3.63, 3.8) is 0 Å². The fraction of sp³-hybridized carbons (Fsp3) is 0.111. The van der Waals surface area contributed by atoms with Gasteiger partial charge in [-0.3, -0.25) is 4.79 Å². The molecule has 0 aliphatic rings. The smallest absolute Gasteiger partial charge is 0.336 e. The summed E-state index contributed by atoms with van der Waals surface area (Å²) in [7, 11) is 0. The molecule has 0 heterocycles. The maximum absolute atomic E-state index is 10.7. The Kier molecular flexibility index (Phi) is 2.83. The summed E-state index contributed by atoms with van der Waals surface area (Å²) >= 11 is 0. The van der Waals surface area contributed by atoms with Crippen molar-refractivity contribution in [1.82, 2.24) is 0 Å². The second-order valence-corrected chi connectivity index (χ2v) is 2.71. The normalized spacial score (nSPS) is 12.1. The van der Waals surface area contributed by atoms with Gasteiger partial charge in [-0.25, -0.2) is 4.79 Å². The molecule has 5 heteroatoms. The van der Waals surface area contributed by atoms with Gasteiger partial charge in [0.1, 0.15) is 6.04 Å². The largest absolute Gasteiger partial charge is 0.480 e. The van der Waals surface area contributed by atoms with E-state index in [1.165, 1.54) is 18.2 Å². The van der Waals surface area contributed by atoms with E-state index in [9.17, 15) is 9.59 Å². The third-order valence-electron chi connectivity index (χ3n) is 1.79. The minimum atomic E-state index is -1.30. The lowest BCUT2D eigenvalue weighted by atomic mass is 10.0. The van der Waals surface area contributed by atoms with Gasteiger partial charge in [0.05, 0.1) is 5.56 Å². The molecule has 0 bridgehead atoms. The zero-order valence-corrected chi connectivity index (χ0v) is 7.18. The summed E-state index contributed by atoms with van der Waals surface area (Å²) in [6, 6.07) is 4.47. The molecule has 1 aromatic carbocycles. The number of aromatic carboxylic acids is 1. The lowest BCUT2D eigenvalue weighted by molar-refractivity contribution is -0.138. The highest BCUT2D eigenvalue weighted by atomic mass is 16.4. The zero-order chi connectivity index (χ0) is 10.7. The second-order valence-electron chi connectivity index (χ2n) is 2.71. The molecule has 4 N–H and O–H groups in total. The molecule has 5 nitrogen and oxygen atoms in total. The molecule has 0 unspecified atom stereocenters. The minimum Gasteiger partial charge on any atom is -0.480 e. The van der Waals surface area contributed by atoms with Crippen LogP contribution in [0.1, 0.15) is 22.0 Å². The highest BCUT2D eigenvalue weighted by Crippen LogP contribution is 2.16. The maximum atomic E-state index is 10.7. The van der Waals surface area contributed by atoms with Gasteiger partial charge in [-0.15, -0.1) is 0 Å². The summed E-state index contributed by atoms with van der Waals surface area (Å²) in [6.45, 7) is 0. The average Bonchev–Trinajstić information content (AvgIpc) is 2.16. The van der Waals surface area contributed by atoms with E-state index < -0.39 is 18.0 Å². The first-order valence-electron chi connectivity index (χ1n) is 3.84. The third kappa shape index (κ3) is 1.89. The Morgan fingerprint density at radius 3 is 2.29 bits per heavy atom. The summed E-state index contributed by atoms with van der Waals surface area (Å²) < 4.78 is 0. The van der Waals surface area contributed by atoms with Crippen molar-refractivity contribution in [1.29, 1.82) is 0 Å². The molecule has 0 radical (unpaired) electrons. The first-order valence-corrected chi connectivity index (χ1v) is 3.84. The number of carboxylic acid groups (broad SMARTS) is 2. The third-order valence-corrected chi connectivity index (χ3v) is 1.79. The van der Waals surface area contributed by atoms with E-state index in [2.05, 4.69) is 0 Å². The van der Waals surface area contributed by atoms with Crippen molar-refractivity contribution in [3.05, 3.63) is 35.4 Å². The summed E-state index contributed by atoms with van der Waals surface area (Å²) in [5.41, 5.74) is 5.34. The van der Waals surface area contributed by atoms with Gasteiger partial charge < -0.3 is 15.9 Å². The van der Waals surface area contributed by atoms with Gasteiger partial charge in [0, 0.05) is 0 Å². The topological polar surface area (TPSA) is 101 Å². The van der Waals surface area contributed by atoms with E-state index in [-0.39, 0.29) is 11.1 Å². The Morgan fingerprint density at radius 2 is 1.79 bits per heavy atom. The lowest BCUT2D eigenvalue weighted by Gasteiger charge is -2.09. The average molecular weight is 195 g/mol. The highest BCUT2D eigenvalue weighted by molar-refractivity contribution is 5.91.